The first-order chi connectivity index (χ1) is 15.0. The van der Waals surface area contributed by atoms with Gasteiger partial charge < -0.3 is 24.6 Å². The zero-order valence-corrected chi connectivity index (χ0v) is 17.5. The number of pyridine rings is 2. The highest BCUT2D eigenvalue weighted by Crippen LogP contribution is 2.32. The molecule has 2 N–H and O–H groups in total. The molecule has 1 aromatic carbocycles. The highest BCUT2D eigenvalue weighted by atomic mass is 16.5. The summed E-state index contributed by atoms with van der Waals surface area (Å²) in [6.07, 6.45) is 1.40. The molecular weight excluding hydrogens is 402 g/mol. The van der Waals surface area contributed by atoms with E-state index in [1.54, 1.807) is 38.1 Å². The lowest BCUT2D eigenvalue weighted by molar-refractivity contribution is 0.0526. The third-order valence-electron chi connectivity index (χ3n) is 4.25. The monoisotopic (exact) mass is 425 g/mol. The highest BCUT2D eigenvalue weighted by Gasteiger charge is 2.20. The molecule has 31 heavy (non-hydrogen) atoms. The Morgan fingerprint density at radius 1 is 1.00 bits per heavy atom. The molecule has 0 spiro atoms. The topological polar surface area (TPSA) is 120 Å². The van der Waals surface area contributed by atoms with E-state index in [0.717, 1.165) is 0 Å². The molecule has 0 bridgehead atoms. The van der Waals surface area contributed by atoms with Crippen LogP contribution in [0.15, 0.2) is 36.5 Å². The minimum atomic E-state index is -1.13. The molecular formula is C22H23N3O6. The number of esters is 1. The van der Waals surface area contributed by atoms with E-state index in [0.29, 0.717) is 41.5 Å². The van der Waals surface area contributed by atoms with Gasteiger partial charge in [-0.1, -0.05) is 0 Å². The van der Waals surface area contributed by atoms with Gasteiger partial charge in [-0.05, 0) is 45.0 Å². The Bertz CT molecular complexity index is 1120. The van der Waals surface area contributed by atoms with Crippen LogP contribution in [0.25, 0.3) is 11.0 Å². The van der Waals surface area contributed by atoms with Crippen LogP contribution in [0.2, 0.25) is 0 Å². The average Bonchev–Trinajstić information content (AvgIpc) is 2.75. The number of aromatic carboxylic acids is 1. The SMILES string of the molecule is CCOC(=O)c1cnc2ccc(OCC)nc2c1Nc1ccc(OCC)c(C(=O)O)c1. The number of carbonyl (C=O) groups excluding carboxylic acids is 1. The normalized spacial score (nSPS) is 10.5. The van der Waals surface area contributed by atoms with E-state index in [9.17, 15) is 14.7 Å². The Balaban J connectivity index is 2.15. The molecule has 0 fully saturated rings. The van der Waals surface area contributed by atoms with E-state index in [-0.39, 0.29) is 23.5 Å². The number of fused-ring (bicyclic) bond motifs is 1. The average molecular weight is 425 g/mol. The second-order valence-electron chi connectivity index (χ2n) is 6.29. The van der Waals surface area contributed by atoms with Gasteiger partial charge in [0.05, 0.1) is 31.0 Å². The van der Waals surface area contributed by atoms with Crippen LogP contribution in [0, 0.1) is 0 Å². The van der Waals surface area contributed by atoms with Crippen molar-refractivity contribution in [2.75, 3.05) is 25.1 Å². The number of rotatable bonds is 9. The highest BCUT2D eigenvalue weighted by molar-refractivity contribution is 6.05. The number of nitrogens with zero attached hydrogens (tertiary/aromatic N) is 2. The van der Waals surface area contributed by atoms with Crippen molar-refractivity contribution in [2.24, 2.45) is 0 Å². The molecule has 0 atom stereocenters. The van der Waals surface area contributed by atoms with Gasteiger partial charge in [0, 0.05) is 18.0 Å². The molecule has 9 heteroatoms. The first-order valence-corrected chi connectivity index (χ1v) is 9.85. The maximum atomic E-state index is 12.5. The molecule has 9 nitrogen and oxygen atoms in total. The molecule has 0 radical (unpaired) electrons. The molecule has 0 aliphatic heterocycles. The summed E-state index contributed by atoms with van der Waals surface area (Å²) in [4.78, 5) is 33.0. The zero-order valence-electron chi connectivity index (χ0n) is 17.5. The summed E-state index contributed by atoms with van der Waals surface area (Å²) in [6.45, 7) is 6.26. The van der Waals surface area contributed by atoms with Crippen molar-refractivity contribution < 1.29 is 28.9 Å². The van der Waals surface area contributed by atoms with Crippen molar-refractivity contribution >= 4 is 34.3 Å². The largest absolute Gasteiger partial charge is 0.493 e. The van der Waals surface area contributed by atoms with Gasteiger partial charge in [-0.2, -0.15) is 0 Å². The third kappa shape index (κ3) is 4.82. The number of aromatic nitrogens is 2. The molecule has 0 aliphatic carbocycles. The van der Waals surface area contributed by atoms with Crippen molar-refractivity contribution in [3.8, 4) is 11.6 Å². The first kappa shape index (κ1) is 21.8. The lowest BCUT2D eigenvalue weighted by Crippen LogP contribution is -2.10. The van der Waals surface area contributed by atoms with Crippen molar-refractivity contribution in [1.82, 2.24) is 9.97 Å². The molecule has 3 rings (SSSR count). The number of carboxylic acids is 1. The van der Waals surface area contributed by atoms with E-state index in [4.69, 9.17) is 14.2 Å². The van der Waals surface area contributed by atoms with Crippen LogP contribution in [-0.2, 0) is 4.74 Å². The summed E-state index contributed by atoms with van der Waals surface area (Å²) >= 11 is 0. The van der Waals surface area contributed by atoms with Gasteiger partial charge in [0.1, 0.15) is 22.4 Å². The first-order valence-electron chi connectivity index (χ1n) is 9.85. The second kappa shape index (κ2) is 9.75. The van der Waals surface area contributed by atoms with Crippen LogP contribution in [0.4, 0.5) is 11.4 Å². The van der Waals surface area contributed by atoms with Gasteiger partial charge in [0.2, 0.25) is 5.88 Å². The number of nitrogens with one attached hydrogen (secondary N) is 1. The molecule has 2 aromatic heterocycles. The standard InChI is InChI=1S/C22H23N3O6/c1-4-29-17-9-7-13(11-14(17)21(26)27)24-19-15(22(28)31-6-3)12-23-16-8-10-18(30-5-2)25-20(16)19/h7-12H,4-6H2,1-3H3,(H,23,24)(H,26,27). The van der Waals surface area contributed by atoms with E-state index in [1.165, 1.54) is 12.3 Å². The molecule has 2 heterocycles. The lowest BCUT2D eigenvalue weighted by atomic mass is 10.1. The smallest absolute Gasteiger partial charge is 0.341 e. The van der Waals surface area contributed by atoms with Crippen LogP contribution in [0.5, 0.6) is 11.6 Å². The predicted molar refractivity (Wildman–Crippen MR) is 115 cm³/mol. The summed E-state index contributed by atoms with van der Waals surface area (Å²) in [6, 6.07) is 8.06. The number of hydrogen-bond donors (Lipinski definition) is 2. The van der Waals surface area contributed by atoms with Crippen LogP contribution in [0.1, 0.15) is 41.5 Å². The Morgan fingerprint density at radius 2 is 1.77 bits per heavy atom. The van der Waals surface area contributed by atoms with E-state index >= 15 is 0 Å². The van der Waals surface area contributed by atoms with Crippen molar-refractivity contribution in [3.05, 3.63) is 47.7 Å². The summed E-state index contributed by atoms with van der Waals surface area (Å²) in [5.41, 5.74) is 1.85. The van der Waals surface area contributed by atoms with Crippen molar-refractivity contribution in [2.45, 2.75) is 20.8 Å². The minimum absolute atomic E-state index is 0.00846. The number of anilines is 2. The van der Waals surface area contributed by atoms with Gasteiger partial charge in [-0.3, -0.25) is 4.98 Å². The maximum Gasteiger partial charge on any atom is 0.341 e. The maximum absolute atomic E-state index is 12.5. The van der Waals surface area contributed by atoms with Crippen molar-refractivity contribution in [3.63, 3.8) is 0 Å². The fourth-order valence-electron chi connectivity index (χ4n) is 2.97. The number of carboxylic acid groups (broad SMARTS) is 1. The molecule has 162 valence electrons. The number of benzene rings is 1. The van der Waals surface area contributed by atoms with Crippen molar-refractivity contribution in [1.29, 1.82) is 0 Å². The summed E-state index contributed by atoms with van der Waals surface area (Å²) in [7, 11) is 0. The molecule has 0 amide bonds. The van der Waals surface area contributed by atoms with E-state index in [1.807, 2.05) is 6.92 Å². The van der Waals surface area contributed by atoms with Gasteiger partial charge in [0.25, 0.3) is 0 Å². The van der Waals surface area contributed by atoms with E-state index in [2.05, 4.69) is 15.3 Å². The van der Waals surface area contributed by atoms with Crippen LogP contribution < -0.4 is 14.8 Å². The predicted octanol–water partition coefficient (Wildman–Crippen LogP) is 4.05. The van der Waals surface area contributed by atoms with Gasteiger partial charge >= 0.3 is 11.9 Å². The Morgan fingerprint density at radius 3 is 2.45 bits per heavy atom. The molecule has 0 unspecified atom stereocenters. The fraction of sp³-hybridized carbons (Fsp3) is 0.273. The van der Waals surface area contributed by atoms with Gasteiger partial charge in [-0.25, -0.2) is 14.6 Å². The molecule has 3 aromatic rings. The third-order valence-corrected chi connectivity index (χ3v) is 4.25. The second-order valence-corrected chi connectivity index (χ2v) is 6.29. The Kier molecular flexibility index (Phi) is 6.86. The molecule has 0 saturated carbocycles. The lowest BCUT2D eigenvalue weighted by Gasteiger charge is -2.15. The Labute approximate surface area is 179 Å². The van der Waals surface area contributed by atoms with Crippen LogP contribution in [-0.4, -0.2) is 46.8 Å². The number of hydrogen-bond acceptors (Lipinski definition) is 8. The number of ether oxygens (including phenoxy) is 3. The number of carbonyl (C=O) groups is 2. The summed E-state index contributed by atoms with van der Waals surface area (Å²) in [5.74, 6) is -1.08. The summed E-state index contributed by atoms with van der Waals surface area (Å²) < 4.78 is 16.0. The quantitative estimate of drug-likeness (QED) is 0.489. The van der Waals surface area contributed by atoms with Gasteiger partial charge in [-0.15, -0.1) is 0 Å². The Hall–Kier alpha value is -3.88. The van der Waals surface area contributed by atoms with Crippen LogP contribution >= 0.6 is 0 Å². The van der Waals surface area contributed by atoms with E-state index < -0.39 is 11.9 Å². The van der Waals surface area contributed by atoms with Crippen LogP contribution in [0.3, 0.4) is 0 Å². The minimum Gasteiger partial charge on any atom is -0.493 e. The van der Waals surface area contributed by atoms with Gasteiger partial charge in [0.15, 0.2) is 0 Å². The summed E-state index contributed by atoms with van der Waals surface area (Å²) in [5, 5.41) is 12.7. The zero-order chi connectivity index (χ0) is 22.4. The fourth-order valence-corrected chi connectivity index (χ4v) is 2.97. The molecule has 0 aliphatic rings. The molecule has 0 saturated heterocycles.